The summed E-state index contributed by atoms with van der Waals surface area (Å²) < 4.78 is 5.25. The number of carbonyl (C=O) groups is 2. The van der Waals surface area contributed by atoms with Crippen LogP contribution in [0.15, 0.2) is 42.6 Å². The lowest BCUT2D eigenvalue weighted by Crippen LogP contribution is -2.23. The number of aromatic carboxylic acids is 1. The number of aryl methyl sites for hydroxylation is 1. The number of hydrogen-bond acceptors (Lipinski definition) is 4. The summed E-state index contributed by atoms with van der Waals surface area (Å²) in [5.41, 5.74) is 1.63. The lowest BCUT2D eigenvalue weighted by Gasteiger charge is -2.08. The number of methoxy groups -OCH3 is 1. The molecule has 23 heavy (non-hydrogen) atoms. The summed E-state index contributed by atoms with van der Waals surface area (Å²) in [7, 11) is 1.60. The topological polar surface area (TPSA) is 88.5 Å². The van der Waals surface area contributed by atoms with E-state index in [4.69, 9.17) is 9.84 Å². The van der Waals surface area contributed by atoms with E-state index in [1.807, 2.05) is 24.3 Å². The minimum Gasteiger partial charge on any atom is -0.496 e. The van der Waals surface area contributed by atoms with E-state index in [2.05, 4.69) is 10.3 Å². The fourth-order valence-electron chi connectivity index (χ4n) is 2.14. The zero-order valence-electron chi connectivity index (χ0n) is 12.8. The van der Waals surface area contributed by atoms with Gasteiger partial charge in [0.15, 0.2) is 0 Å². The number of aromatic nitrogens is 1. The molecule has 0 aliphatic rings. The number of para-hydroxylation sites is 1. The van der Waals surface area contributed by atoms with Gasteiger partial charge in [-0.05, 0) is 30.2 Å². The summed E-state index contributed by atoms with van der Waals surface area (Å²) in [6, 6.07) is 10.4. The van der Waals surface area contributed by atoms with Crippen LogP contribution < -0.4 is 10.1 Å². The number of rotatable bonds is 7. The Kier molecular flexibility index (Phi) is 5.68. The molecule has 1 heterocycles. The Hall–Kier alpha value is -2.89. The van der Waals surface area contributed by atoms with Gasteiger partial charge in [-0.25, -0.2) is 4.79 Å². The number of nitrogens with zero attached hydrogens (tertiary/aromatic N) is 1. The number of carboxylic acids is 1. The summed E-state index contributed by atoms with van der Waals surface area (Å²) in [5, 5.41) is 11.7. The number of carbonyl (C=O) groups excluding carboxylic acids is 1. The molecule has 0 spiro atoms. The molecule has 2 rings (SSSR count). The summed E-state index contributed by atoms with van der Waals surface area (Å²) >= 11 is 0. The van der Waals surface area contributed by atoms with Gasteiger partial charge >= 0.3 is 5.97 Å². The molecule has 0 saturated carbocycles. The number of carboxylic acid groups (broad SMARTS) is 1. The SMILES string of the molecule is COc1ccccc1CCC(=O)NCc1cc(C(=O)O)ccn1. The minimum absolute atomic E-state index is 0.126. The fraction of sp³-hybridized carbons (Fsp3) is 0.235. The molecule has 0 radical (unpaired) electrons. The predicted molar refractivity (Wildman–Crippen MR) is 84.4 cm³/mol. The number of pyridine rings is 1. The van der Waals surface area contributed by atoms with Crippen LogP contribution in [0.2, 0.25) is 0 Å². The van der Waals surface area contributed by atoms with Crippen LogP contribution in [-0.4, -0.2) is 29.1 Å². The van der Waals surface area contributed by atoms with Gasteiger partial charge in [0.05, 0.1) is 24.9 Å². The third-order valence-corrected chi connectivity index (χ3v) is 3.34. The van der Waals surface area contributed by atoms with Crippen molar-refractivity contribution in [2.45, 2.75) is 19.4 Å². The maximum Gasteiger partial charge on any atom is 0.335 e. The first-order valence-corrected chi connectivity index (χ1v) is 7.17. The zero-order valence-corrected chi connectivity index (χ0v) is 12.8. The van der Waals surface area contributed by atoms with E-state index in [0.29, 0.717) is 18.5 Å². The third kappa shape index (κ3) is 4.81. The highest BCUT2D eigenvalue weighted by molar-refractivity contribution is 5.87. The van der Waals surface area contributed by atoms with Crippen molar-refractivity contribution in [2.24, 2.45) is 0 Å². The summed E-state index contributed by atoms with van der Waals surface area (Å²) in [6.45, 7) is 0.200. The lowest BCUT2D eigenvalue weighted by atomic mass is 10.1. The van der Waals surface area contributed by atoms with Crippen LogP contribution in [0, 0.1) is 0 Å². The average Bonchev–Trinajstić information content (AvgIpc) is 2.58. The second kappa shape index (κ2) is 7.93. The normalized spacial score (nSPS) is 10.1. The molecular weight excluding hydrogens is 296 g/mol. The van der Waals surface area contributed by atoms with Crippen molar-refractivity contribution >= 4 is 11.9 Å². The second-order valence-corrected chi connectivity index (χ2v) is 4.93. The maximum atomic E-state index is 11.9. The molecule has 2 N–H and O–H groups in total. The van der Waals surface area contributed by atoms with Crippen LogP contribution in [0.5, 0.6) is 5.75 Å². The molecule has 1 aromatic heterocycles. The van der Waals surface area contributed by atoms with E-state index < -0.39 is 5.97 Å². The van der Waals surface area contributed by atoms with Crippen LogP contribution in [-0.2, 0) is 17.8 Å². The summed E-state index contributed by atoms with van der Waals surface area (Å²) in [5.74, 6) is -0.384. The Labute approximate surface area is 134 Å². The standard InChI is InChI=1S/C17H18N2O4/c1-23-15-5-3-2-4-12(15)6-7-16(20)19-11-14-10-13(17(21)22)8-9-18-14/h2-5,8-10H,6-7,11H2,1H3,(H,19,20)(H,21,22). The number of ether oxygens (including phenoxy) is 1. The quantitative estimate of drug-likeness (QED) is 0.816. The van der Waals surface area contributed by atoms with Gasteiger partial charge in [0.25, 0.3) is 0 Å². The van der Waals surface area contributed by atoms with E-state index in [-0.39, 0.29) is 18.0 Å². The van der Waals surface area contributed by atoms with Gasteiger partial charge in [-0.2, -0.15) is 0 Å². The maximum absolute atomic E-state index is 11.9. The van der Waals surface area contributed by atoms with E-state index in [1.165, 1.54) is 18.3 Å². The molecule has 0 aliphatic carbocycles. The molecule has 6 nitrogen and oxygen atoms in total. The van der Waals surface area contributed by atoms with Crippen LogP contribution >= 0.6 is 0 Å². The predicted octanol–water partition coefficient (Wildman–Crippen LogP) is 2.04. The molecule has 0 bridgehead atoms. The molecule has 1 amide bonds. The minimum atomic E-state index is -1.02. The molecule has 120 valence electrons. The molecular formula is C17H18N2O4. The first kappa shape index (κ1) is 16.5. The fourth-order valence-corrected chi connectivity index (χ4v) is 2.14. The Morgan fingerprint density at radius 3 is 2.78 bits per heavy atom. The highest BCUT2D eigenvalue weighted by Crippen LogP contribution is 2.18. The highest BCUT2D eigenvalue weighted by atomic mass is 16.5. The molecule has 1 aromatic carbocycles. The Bertz CT molecular complexity index is 700. The van der Waals surface area contributed by atoms with Gasteiger partial charge < -0.3 is 15.2 Å². The van der Waals surface area contributed by atoms with Gasteiger partial charge in [-0.3, -0.25) is 9.78 Å². The van der Waals surface area contributed by atoms with Gasteiger partial charge in [0.1, 0.15) is 5.75 Å². The second-order valence-electron chi connectivity index (χ2n) is 4.93. The Morgan fingerprint density at radius 2 is 2.04 bits per heavy atom. The monoisotopic (exact) mass is 314 g/mol. The smallest absolute Gasteiger partial charge is 0.335 e. The zero-order chi connectivity index (χ0) is 16.7. The van der Waals surface area contributed by atoms with Crippen molar-refractivity contribution in [2.75, 3.05) is 7.11 Å². The van der Waals surface area contributed by atoms with Crippen LogP contribution in [0.25, 0.3) is 0 Å². The molecule has 2 aromatic rings. The molecule has 0 fully saturated rings. The summed E-state index contributed by atoms with van der Waals surface area (Å²) in [6.07, 6.45) is 2.30. The van der Waals surface area contributed by atoms with Crippen molar-refractivity contribution in [1.82, 2.24) is 10.3 Å². The van der Waals surface area contributed by atoms with Crippen molar-refractivity contribution < 1.29 is 19.4 Å². The number of amides is 1. The largest absolute Gasteiger partial charge is 0.496 e. The van der Waals surface area contributed by atoms with Crippen LogP contribution in [0.1, 0.15) is 28.0 Å². The van der Waals surface area contributed by atoms with Gasteiger partial charge in [-0.1, -0.05) is 18.2 Å². The Morgan fingerprint density at radius 1 is 1.26 bits per heavy atom. The van der Waals surface area contributed by atoms with Crippen molar-refractivity contribution in [1.29, 1.82) is 0 Å². The van der Waals surface area contributed by atoms with E-state index in [1.54, 1.807) is 7.11 Å². The van der Waals surface area contributed by atoms with Gasteiger partial charge in [0, 0.05) is 12.6 Å². The first-order valence-electron chi connectivity index (χ1n) is 7.17. The molecule has 0 atom stereocenters. The number of hydrogen-bond donors (Lipinski definition) is 2. The van der Waals surface area contributed by atoms with Crippen LogP contribution in [0.3, 0.4) is 0 Å². The highest BCUT2D eigenvalue weighted by Gasteiger charge is 2.08. The molecule has 0 saturated heterocycles. The van der Waals surface area contributed by atoms with Crippen molar-refractivity contribution in [3.8, 4) is 5.75 Å². The Balaban J connectivity index is 1.86. The first-order chi connectivity index (χ1) is 11.1. The van der Waals surface area contributed by atoms with E-state index >= 15 is 0 Å². The molecule has 0 unspecified atom stereocenters. The average molecular weight is 314 g/mol. The molecule has 0 aliphatic heterocycles. The number of benzene rings is 1. The molecule has 6 heteroatoms. The van der Waals surface area contributed by atoms with Crippen molar-refractivity contribution in [3.05, 3.63) is 59.4 Å². The van der Waals surface area contributed by atoms with Crippen molar-refractivity contribution in [3.63, 3.8) is 0 Å². The van der Waals surface area contributed by atoms with Gasteiger partial charge in [-0.15, -0.1) is 0 Å². The third-order valence-electron chi connectivity index (χ3n) is 3.34. The number of nitrogens with one attached hydrogen (secondary N) is 1. The van der Waals surface area contributed by atoms with Gasteiger partial charge in [0.2, 0.25) is 5.91 Å². The van der Waals surface area contributed by atoms with E-state index in [9.17, 15) is 9.59 Å². The van der Waals surface area contributed by atoms with E-state index in [0.717, 1.165) is 11.3 Å². The van der Waals surface area contributed by atoms with Crippen LogP contribution in [0.4, 0.5) is 0 Å². The summed E-state index contributed by atoms with van der Waals surface area (Å²) in [4.78, 5) is 26.8. The lowest BCUT2D eigenvalue weighted by molar-refractivity contribution is -0.121.